The van der Waals surface area contributed by atoms with Crippen LogP contribution in [0.1, 0.15) is 31.2 Å². The van der Waals surface area contributed by atoms with Crippen molar-refractivity contribution >= 4 is 17.8 Å². The average molecular weight is 306 g/mol. The van der Waals surface area contributed by atoms with E-state index < -0.39 is 5.97 Å². The number of rotatable bonds is 6. The van der Waals surface area contributed by atoms with Crippen molar-refractivity contribution in [2.45, 2.75) is 32.2 Å². The summed E-state index contributed by atoms with van der Waals surface area (Å²) >= 11 is 0. The van der Waals surface area contributed by atoms with Gasteiger partial charge >= 0.3 is 12.0 Å². The molecule has 0 aromatic carbocycles. The number of pyridine rings is 1. The van der Waals surface area contributed by atoms with Crippen molar-refractivity contribution in [3.8, 4) is 0 Å². The Labute approximate surface area is 129 Å². The lowest BCUT2D eigenvalue weighted by atomic mass is 10.1. The predicted octanol–water partition coefficient (Wildman–Crippen LogP) is 1.35. The summed E-state index contributed by atoms with van der Waals surface area (Å²) < 4.78 is 0. The number of carboxylic acids is 1. The predicted molar refractivity (Wildman–Crippen MR) is 82.8 cm³/mol. The molecule has 0 unspecified atom stereocenters. The van der Waals surface area contributed by atoms with Crippen LogP contribution in [-0.4, -0.2) is 41.7 Å². The molecule has 22 heavy (non-hydrogen) atoms. The Kier molecular flexibility index (Phi) is 6.00. The fraction of sp³-hybridized carbons (Fsp3) is 0.533. The first-order chi connectivity index (χ1) is 10.6. The van der Waals surface area contributed by atoms with Gasteiger partial charge in [0.1, 0.15) is 5.82 Å². The third-order valence-electron chi connectivity index (χ3n) is 3.57. The smallest absolute Gasteiger partial charge is 0.315 e. The van der Waals surface area contributed by atoms with Crippen LogP contribution in [0.3, 0.4) is 0 Å². The quantitative estimate of drug-likeness (QED) is 0.737. The number of hydrogen-bond donors (Lipinski definition) is 3. The van der Waals surface area contributed by atoms with Gasteiger partial charge in [0.25, 0.3) is 0 Å². The van der Waals surface area contributed by atoms with E-state index in [0.29, 0.717) is 6.54 Å². The molecule has 0 spiro atoms. The maximum Gasteiger partial charge on any atom is 0.315 e. The highest BCUT2D eigenvalue weighted by molar-refractivity contribution is 5.75. The lowest BCUT2D eigenvalue weighted by Crippen LogP contribution is -2.36. The number of nitrogens with one attached hydrogen (secondary N) is 2. The third kappa shape index (κ3) is 5.23. The summed E-state index contributed by atoms with van der Waals surface area (Å²) in [6.45, 7) is 2.57. The fourth-order valence-electron chi connectivity index (χ4n) is 2.39. The summed E-state index contributed by atoms with van der Waals surface area (Å²) in [6.07, 6.45) is 5.33. The van der Waals surface area contributed by atoms with Gasteiger partial charge in [-0.05, 0) is 37.0 Å². The van der Waals surface area contributed by atoms with E-state index in [9.17, 15) is 9.59 Å². The summed E-state index contributed by atoms with van der Waals surface area (Å²) in [5.41, 5.74) is 0.976. The molecule has 2 amide bonds. The molecule has 1 saturated heterocycles. The van der Waals surface area contributed by atoms with Crippen molar-refractivity contribution in [1.29, 1.82) is 0 Å². The molecule has 0 atom stereocenters. The maximum atomic E-state index is 11.5. The first-order valence-electron chi connectivity index (χ1n) is 7.58. The zero-order valence-corrected chi connectivity index (χ0v) is 12.5. The van der Waals surface area contributed by atoms with E-state index in [4.69, 9.17) is 5.11 Å². The Bertz CT molecular complexity index is 515. The molecule has 1 aromatic rings. The highest BCUT2D eigenvalue weighted by Gasteiger charge is 2.12. The summed E-state index contributed by atoms with van der Waals surface area (Å²) in [5, 5.41) is 13.7. The molecule has 3 N–H and O–H groups in total. The van der Waals surface area contributed by atoms with E-state index >= 15 is 0 Å². The first kappa shape index (κ1) is 16.1. The monoisotopic (exact) mass is 306 g/mol. The van der Waals surface area contributed by atoms with Crippen molar-refractivity contribution in [1.82, 2.24) is 15.6 Å². The summed E-state index contributed by atoms with van der Waals surface area (Å²) in [4.78, 5) is 28.6. The van der Waals surface area contributed by atoms with E-state index in [1.54, 1.807) is 6.20 Å². The molecule has 0 bridgehead atoms. The topological polar surface area (TPSA) is 94.6 Å². The minimum Gasteiger partial charge on any atom is -0.481 e. The Balaban J connectivity index is 1.80. The van der Waals surface area contributed by atoms with E-state index in [2.05, 4.69) is 20.5 Å². The normalized spacial score (nSPS) is 14.5. The zero-order valence-electron chi connectivity index (χ0n) is 12.5. The summed E-state index contributed by atoms with van der Waals surface area (Å²) in [5.74, 6) is 0.0193. The number of piperidine rings is 1. The summed E-state index contributed by atoms with van der Waals surface area (Å²) in [7, 11) is 0. The third-order valence-corrected chi connectivity index (χ3v) is 3.57. The van der Waals surface area contributed by atoms with E-state index in [1.165, 1.54) is 19.3 Å². The molecule has 1 fully saturated rings. The largest absolute Gasteiger partial charge is 0.481 e. The average Bonchev–Trinajstić information content (AvgIpc) is 2.54. The lowest BCUT2D eigenvalue weighted by Gasteiger charge is -2.27. The molecule has 0 aliphatic carbocycles. The van der Waals surface area contributed by atoms with Crippen LogP contribution in [0.25, 0.3) is 0 Å². The van der Waals surface area contributed by atoms with Crippen molar-refractivity contribution in [3.05, 3.63) is 23.9 Å². The molecular weight excluding hydrogens is 284 g/mol. The van der Waals surface area contributed by atoms with Gasteiger partial charge in [-0.1, -0.05) is 0 Å². The van der Waals surface area contributed by atoms with Gasteiger partial charge in [0.2, 0.25) is 0 Å². The second-order valence-electron chi connectivity index (χ2n) is 5.32. The number of urea groups is 1. The zero-order chi connectivity index (χ0) is 15.8. The van der Waals surface area contributed by atoms with Crippen molar-refractivity contribution in [3.63, 3.8) is 0 Å². The molecule has 0 radical (unpaired) electrons. The molecule has 2 heterocycles. The van der Waals surface area contributed by atoms with Crippen LogP contribution < -0.4 is 15.5 Å². The van der Waals surface area contributed by atoms with E-state index in [-0.39, 0.29) is 19.0 Å². The number of carbonyl (C=O) groups excluding carboxylic acids is 1. The second-order valence-corrected chi connectivity index (χ2v) is 5.32. The molecule has 120 valence electrons. The van der Waals surface area contributed by atoms with Crippen molar-refractivity contribution in [2.75, 3.05) is 24.5 Å². The fourth-order valence-corrected chi connectivity index (χ4v) is 2.39. The number of carbonyl (C=O) groups is 2. The van der Waals surface area contributed by atoms with Gasteiger partial charge in [0.15, 0.2) is 0 Å². The van der Waals surface area contributed by atoms with Crippen LogP contribution in [0.4, 0.5) is 10.6 Å². The van der Waals surface area contributed by atoms with Gasteiger partial charge in [-0.25, -0.2) is 9.78 Å². The van der Waals surface area contributed by atoms with Gasteiger partial charge in [0, 0.05) is 32.4 Å². The number of nitrogens with zero attached hydrogens (tertiary/aromatic N) is 2. The van der Waals surface area contributed by atoms with E-state index in [1.807, 2.05) is 12.1 Å². The van der Waals surface area contributed by atoms with Gasteiger partial charge < -0.3 is 20.6 Å². The van der Waals surface area contributed by atoms with Crippen LogP contribution in [0.2, 0.25) is 0 Å². The van der Waals surface area contributed by atoms with Gasteiger partial charge in [0.05, 0.1) is 6.42 Å². The number of aliphatic carboxylic acids is 1. The van der Waals surface area contributed by atoms with Gasteiger partial charge in [-0.3, -0.25) is 4.79 Å². The number of hydrogen-bond acceptors (Lipinski definition) is 4. The maximum absolute atomic E-state index is 11.5. The highest BCUT2D eigenvalue weighted by Crippen LogP contribution is 2.18. The number of carboxylic acid groups (broad SMARTS) is 1. The standard InChI is InChI=1S/C15H22N4O3/c20-14(21)5-7-17-15(22)18-11-12-4-6-16-13(10-12)19-8-2-1-3-9-19/h4,6,10H,1-3,5,7-9,11H2,(H,20,21)(H2,17,18,22). The second kappa shape index (κ2) is 8.21. The van der Waals surface area contributed by atoms with Gasteiger partial charge in [-0.15, -0.1) is 0 Å². The molecule has 1 aliphatic heterocycles. The van der Waals surface area contributed by atoms with Gasteiger partial charge in [-0.2, -0.15) is 0 Å². The minimum absolute atomic E-state index is 0.0816. The van der Waals surface area contributed by atoms with E-state index in [0.717, 1.165) is 24.5 Å². The Morgan fingerprint density at radius 3 is 2.73 bits per heavy atom. The Hall–Kier alpha value is -2.31. The molecule has 0 saturated carbocycles. The Morgan fingerprint density at radius 1 is 1.23 bits per heavy atom. The van der Waals surface area contributed by atoms with Crippen LogP contribution in [0, 0.1) is 0 Å². The molecule has 2 rings (SSSR count). The number of anilines is 1. The minimum atomic E-state index is -0.930. The first-order valence-corrected chi connectivity index (χ1v) is 7.58. The van der Waals surface area contributed by atoms with Crippen LogP contribution in [0.5, 0.6) is 0 Å². The number of aromatic nitrogens is 1. The molecule has 1 aliphatic rings. The number of amides is 2. The van der Waals surface area contributed by atoms with Crippen molar-refractivity contribution in [2.24, 2.45) is 0 Å². The Morgan fingerprint density at radius 2 is 2.00 bits per heavy atom. The molecule has 7 heteroatoms. The highest BCUT2D eigenvalue weighted by atomic mass is 16.4. The van der Waals surface area contributed by atoms with Crippen molar-refractivity contribution < 1.29 is 14.7 Å². The SMILES string of the molecule is O=C(O)CCNC(=O)NCc1ccnc(N2CCCCC2)c1. The molecular formula is C15H22N4O3. The molecule has 1 aromatic heterocycles. The lowest BCUT2D eigenvalue weighted by molar-refractivity contribution is -0.136. The van der Waals surface area contributed by atoms with Crippen LogP contribution in [-0.2, 0) is 11.3 Å². The van der Waals surface area contributed by atoms with Crippen LogP contribution in [0.15, 0.2) is 18.3 Å². The van der Waals surface area contributed by atoms with Crippen LogP contribution >= 0.6 is 0 Å². The summed E-state index contributed by atoms with van der Waals surface area (Å²) in [6, 6.07) is 3.49. The molecule has 7 nitrogen and oxygen atoms in total.